The van der Waals surface area contributed by atoms with Gasteiger partial charge in [0.2, 0.25) is 15.9 Å². The van der Waals surface area contributed by atoms with Crippen LogP contribution >= 0.6 is 0 Å². The van der Waals surface area contributed by atoms with Gasteiger partial charge in [-0.25, -0.2) is 8.42 Å². The minimum absolute atomic E-state index is 0.0294. The largest absolute Gasteiger partial charge is 0.487 e. The number of carbonyl (C=O) groups is 1. The van der Waals surface area contributed by atoms with Crippen molar-refractivity contribution in [2.24, 2.45) is 0 Å². The summed E-state index contributed by atoms with van der Waals surface area (Å²) in [4.78, 5) is 12.8. The van der Waals surface area contributed by atoms with Crippen molar-refractivity contribution in [1.82, 2.24) is 0 Å². The highest BCUT2D eigenvalue weighted by Crippen LogP contribution is 2.43. The number of nitrogens with zero attached hydrogens (tertiary/aromatic N) is 1. The van der Waals surface area contributed by atoms with Crippen molar-refractivity contribution in [3.63, 3.8) is 0 Å². The predicted molar refractivity (Wildman–Crippen MR) is 120 cm³/mol. The molecular weight excluding hydrogens is 457 g/mol. The van der Waals surface area contributed by atoms with E-state index < -0.39 is 33.3 Å². The minimum atomic E-state index is -4.51. The summed E-state index contributed by atoms with van der Waals surface area (Å²) in [5, 5.41) is 2.72. The Hall–Kier alpha value is -3.01. The smallest absolute Gasteiger partial charge is 0.416 e. The number of hydrogen-bond donors (Lipinski definition) is 1. The Bertz CT molecular complexity index is 1270. The molecule has 0 aromatic heterocycles. The van der Waals surface area contributed by atoms with E-state index in [0.717, 1.165) is 17.7 Å². The maximum absolute atomic E-state index is 13.1. The lowest BCUT2D eigenvalue weighted by Gasteiger charge is -2.34. The van der Waals surface area contributed by atoms with E-state index in [0.29, 0.717) is 35.4 Å². The second kappa shape index (κ2) is 7.79. The van der Waals surface area contributed by atoms with Crippen molar-refractivity contribution < 1.29 is 31.1 Å². The minimum Gasteiger partial charge on any atom is -0.487 e. The third-order valence-corrected chi connectivity index (χ3v) is 7.45. The van der Waals surface area contributed by atoms with Crippen molar-refractivity contribution in [2.45, 2.75) is 38.5 Å². The van der Waals surface area contributed by atoms with Gasteiger partial charge in [-0.15, -0.1) is 0 Å². The highest BCUT2D eigenvalue weighted by Gasteiger charge is 2.35. The molecule has 0 unspecified atom stereocenters. The molecule has 0 saturated heterocycles. The Morgan fingerprint density at radius 2 is 1.91 bits per heavy atom. The summed E-state index contributed by atoms with van der Waals surface area (Å²) < 4.78 is 70.6. The number of nitrogens with one attached hydrogen (secondary N) is 1. The van der Waals surface area contributed by atoms with Gasteiger partial charge < -0.3 is 10.1 Å². The van der Waals surface area contributed by atoms with E-state index in [1.54, 1.807) is 32.0 Å². The quantitative estimate of drug-likeness (QED) is 0.637. The first-order valence-corrected chi connectivity index (χ1v) is 11.9. The van der Waals surface area contributed by atoms with Crippen LogP contribution in [0.5, 0.6) is 5.75 Å². The molecule has 4 rings (SSSR count). The number of halogens is 3. The second-order valence-electron chi connectivity index (χ2n) is 8.78. The molecule has 1 N–H and O–H groups in total. The van der Waals surface area contributed by atoms with Crippen LogP contribution < -0.4 is 14.4 Å². The van der Waals surface area contributed by atoms with Crippen molar-refractivity contribution in [3.05, 3.63) is 59.2 Å². The lowest BCUT2D eigenvalue weighted by atomic mass is 9.88. The third-order valence-electron chi connectivity index (χ3n) is 5.70. The average Bonchev–Trinajstić information content (AvgIpc) is 2.69. The van der Waals surface area contributed by atoms with E-state index in [9.17, 15) is 26.4 Å². The normalized spacial score (nSPS) is 19.9. The van der Waals surface area contributed by atoms with Gasteiger partial charge in [0, 0.05) is 30.8 Å². The standard InChI is InChI=1S/C23H23F3N2O4S/c1-22(2)13-15(18-7-5-16(23(24,25)26)11-20(18)32-22)10-21(29)27-17-6-4-14-8-9-33(30,31)28(3)19(14)12-17/h4-7,10-12H,8-9,13H2,1-3H3,(H,27,29). The first-order valence-electron chi connectivity index (χ1n) is 10.3. The molecule has 0 bridgehead atoms. The van der Waals surface area contributed by atoms with E-state index in [4.69, 9.17) is 4.74 Å². The highest BCUT2D eigenvalue weighted by atomic mass is 32.2. The molecule has 0 aliphatic carbocycles. The molecule has 0 radical (unpaired) electrons. The number of sulfonamides is 1. The summed E-state index contributed by atoms with van der Waals surface area (Å²) in [5.74, 6) is -0.378. The molecule has 0 atom stereocenters. The number of ether oxygens (including phenoxy) is 1. The van der Waals surface area contributed by atoms with Crippen LogP contribution in [-0.4, -0.2) is 32.7 Å². The molecule has 1 amide bonds. The fraction of sp³-hybridized carbons (Fsp3) is 0.348. The summed E-state index contributed by atoms with van der Waals surface area (Å²) in [6.07, 6.45) is -2.44. The topological polar surface area (TPSA) is 75.7 Å². The lowest BCUT2D eigenvalue weighted by molar-refractivity contribution is -0.137. The number of benzene rings is 2. The van der Waals surface area contributed by atoms with E-state index >= 15 is 0 Å². The van der Waals surface area contributed by atoms with Crippen molar-refractivity contribution in [2.75, 3.05) is 22.4 Å². The van der Waals surface area contributed by atoms with Crippen molar-refractivity contribution in [3.8, 4) is 5.75 Å². The molecule has 2 aromatic rings. The molecule has 6 nitrogen and oxygen atoms in total. The van der Waals surface area contributed by atoms with Gasteiger partial charge in [0.25, 0.3) is 0 Å². The molecule has 2 aliphatic heterocycles. The summed E-state index contributed by atoms with van der Waals surface area (Å²) in [7, 11) is -1.92. The number of fused-ring (bicyclic) bond motifs is 2. The van der Waals surface area contributed by atoms with Gasteiger partial charge in [-0.3, -0.25) is 9.10 Å². The van der Waals surface area contributed by atoms with Gasteiger partial charge >= 0.3 is 6.18 Å². The number of anilines is 2. The van der Waals surface area contributed by atoms with Crippen LogP contribution in [0, 0.1) is 0 Å². The van der Waals surface area contributed by atoms with E-state index in [2.05, 4.69) is 5.32 Å². The van der Waals surface area contributed by atoms with E-state index in [1.165, 1.54) is 23.5 Å². The molecule has 33 heavy (non-hydrogen) atoms. The Kier molecular flexibility index (Phi) is 5.47. The maximum atomic E-state index is 13.1. The summed E-state index contributed by atoms with van der Waals surface area (Å²) >= 11 is 0. The summed E-state index contributed by atoms with van der Waals surface area (Å²) in [6, 6.07) is 8.28. The third kappa shape index (κ3) is 4.71. The lowest BCUT2D eigenvalue weighted by Crippen LogP contribution is -2.34. The molecule has 10 heteroatoms. The van der Waals surface area contributed by atoms with Crippen LogP contribution in [0.3, 0.4) is 0 Å². The SMILES string of the molecule is CN1c2cc(NC(=O)C=C3CC(C)(C)Oc4cc(C(F)(F)F)ccc43)ccc2CCS1(=O)=O. The number of alkyl halides is 3. The van der Waals surface area contributed by atoms with Crippen LogP contribution in [0.15, 0.2) is 42.5 Å². The van der Waals surface area contributed by atoms with Crippen LogP contribution in [0.1, 0.15) is 37.0 Å². The van der Waals surface area contributed by atoms with Crippen LogP contribution in [0.2, 0.25) is 0 Å². The van der Waals surface area contributed by atoms with Crippen LogP contribution in [0.4, 0.5) is 24.5 Å². The molecular formula is C23H23F3N2O4S. The second-order valence-corrected chi connectivity index (χ2v) is 10.9. The Morgan fingerprint density at radius 1 is 1.18 bits per heavy atom. The first kappa shape index (κ1) is 23.2. The van der Waals surface area contributed by atoms with Crippen molar-refractivity contribution in [1.29, 1.82) is 0 Å². The fourth-order valence-electron chi connectivity index (χ4n) is 4.07. The average molecular weight is 481 g/mol. The highest BCUT2D eigenvalue weighted by molar-refractivity contribution is 7.92. The predicted octanol–water partition coefficient (Wildman–Crippen LogP) is 4.61. The Balaban J connectivity index is 1.63. The van der Waals surface area contributed by atoms with Gasteiger partial charge in [0.1, 0.15) is 11.4 Å². The molecule has 0 fully saturated rings. The molecule has 2 heterocycles. The summed E-state index contributed by atoms with van der Waals surface area (Å²) in [5.41, 5.74) is 1.13. The summed E-state index contributed by atoms with van der Waals surface area (Å²) in [6.45, 7) is 3.48. The maximum Gasteiger partial charge on any atom is 0.416 e. The number of amides is 1. The molecule has 0 spiro atoms. The molecule has 2 aromatic carbocycles. The zero-order valence-corrected chi connectivity index (χ0v) is 19.1. The van der Waals surface area contributed by atoms with Gasteiger partial charge in [-0.1, -0.05) is 12.1 Å². The molecule has 0 saturated carbocycles. The Labute approximate surface area is 190 Å². The number of aryl methyl sites for hydroxylation is 1. The van der Waals surface area contributed by atoms with Crippen LogP contribution in [-0.2, 0) is 27.4 Å². The Morgan fingerprint density at radius 3 is 2.61 bits per heavy atom. The first-order chi connectivity index (χ1) is 15.2. The van der Waals surface area contributed by atoms with Gasteiger partial charge in [0.05, 0.1) is 17.0 Å². The van der Waals surface area contributed by atoms with Crippen LogP contribution in [0.25, 0.3) is 5.57 Å². The van der Waals surface area contributed by atoms with E-state index in [1.807, 2.05) is 0 Å². The number of carbonyl (C=O) groups excluding carboxylic acids is 1. The fourth-order valence-corrected chi connectivity index (χ4v) is 5.29. The number of hydrogen-bond acceptors (Lipinski definition) is 4. The zero-order chi connectivity index (χ0) is 24.2. The van der Waals surface area contributed by atoms with Gasteiger partial charge in [-0.05, 0) is 55.7 Å². The van der Waals surface area contributed by atoms with E-state index in [-0.39, 0.29) is 11.5 Å². The molecule has 176 valence electrons. The van der Waals surface area contributed by atoms with Gasteiger partial charge in [0.15, 0.2) is 0 Å². The molecule has 2 aliphatic rings. The van der Waals surface area contributed by atoms with Crippen molar-refractivity contribution >= 4 is 32.9 Å². The zero-order valence-electron chi connectivity index (χ0n) is 18.3. The number of rotatable bonds is 2. The monoisotopic (exact) mass is 480 g/mol. The van der Waals surface area contributed by atoms with Gasteiger partial charge in [-0.2, -0.15) is 13.2 Å².